The number of ether oxygens (including phenoxy) is 2. The Bertz CT molecular complexity index is 1400. The Morgan fingerprint density at radius 3 is 0.978 bits per heavy atom. The van der Waals surface area contributed by atoms with Gasteiger partial charge in [-0.25, -0.2) is 0 Å². The summed E-state index contributed by atoms with van der Waals surface area (Å²) in [6.45, 7) is 0. The minimum absolute atomic E-state index is 0. The first-order valence-electron chi connectivity index (χ1n) is 14.9. The zero-order valence-electron chi connectivity index (χ0n) is 25.4. The Hall–Kier alpha value is -4.32. The first-order valence-corrected chi connectivity index (χ1v) is 14.9. The van der Waals surface area contributed by atoms with Crippen LogP contribution < -0.4 is 0 Å². The van der Waals surface area contributed by atoms with Gasteiger partial charge in [-0.2, -0.15) is 0 Å². The number of rotatable bonds is 6. The van der Waals surface area contributed by atoms with E-state index in [1.54, 1.807) is 0 Å². The van der Waals surface area contributed by atoms with Gasteiger partial charge in [-0.05, 0) is 47.9 Å². The number of benzene rings is 4. The first kappa shape index (κ1) is 33.6. The van der Waals surface area contributed by atoms with E-state index in [1.165, 1.54) is 14.2 Å². The third-order valence-corrected chi connectivity index (χ3v) is 9.23. The molecule has 4 N–H and O–H groups in total. The molecule has 1 radical (unpaired) electrons. The minimum atomic E-state index is -0.598. The van der Waals surface area contributed by atoms with Crippen molar-refractivity contribution in [1.29, 1.82) is 0 Å². The van der Waals surface area contributed by atoms with E-state index in [4.69, 9.17) is 9.47 Å². The molecule has 2 aliphatic rings. The molecule has 2 saturated carbocycles. The third kappa shape index (κ3) is 6.15. The number of carbonyl (C=O) groups excluding carboxylic acids is 4. The molecule has 2 unspecified atom stereocenters. The molecular formula is C38H40CuO6+4. The van der Waals surface area contributed by atoms with Crippen molar-refractivity contribution < 1.29 is 45.7 Å². The predicted molar refractivity (Wildman–Crippen MR) is 175 cm³/mol. The average Bonchev–Trinajstić information content (AvgIpc) is 3.63. The van der Waals surface area contributed by atoms with Crippen LogP contribution in [0.15, 0.2) is 121 Å². The molecule has 2 fully saturated rings. The van der Waals surface area contributed by atoms with Gasteiger partial charge in [0.1, 0.15) is 10.8 Å². The molecule has 0 saturated heterocycles. The Kier molecular flexibility index (Phi) is 10.9. The summed E-state index contributed by atoms with van der Waals surface area (Å²) in [5.74, 6) is -0.637. The van der Waals surface area contributed by atoms with Gasteiger partial charge in [-0.3, -0.25) is 9.59 Å². The fourth-order valence-corrected chi connectivity index (χ4v) is 7.00. The molecule has 2 atom stereocenters. The van der Waals surface area contributed by atoms with Gasteiger partial charge in [-0.1, -0.05) is 121 Å². The van der Waals surface area contributed by atoms with E-state index in [2.05, 4.69) is 0 Å². The molecular weight excluding hydrogens is 616 g/mol. The smallest absolute Gasteiger partial charge is 0.338 e. The molecule has 0 bridgehead atoms. The fourth-order valence-electron chi connectivity index (χ4n) is 7.00. The zero-order valence-corrected chi connectivity index (χ0v) is 26.4. The van der Waals surface area contributed by atoms with Crippen LogP contribution in [0.4, 0.5) is 0 Å². The monoisotopic (exact) mass is 655 g/mol. The average molecular weight is 656 g/mol. The molecule has 4 aromatic carbocycles. The van der Waals surface area contributed by atoms with E-state index in [0.29, 0.717) is 12.8 Å². The number of hydrogen-bond acceptors (Lipinski definition) is 2. The van der Waals surface area contributed by atoms with Crippen LogP contribution in [-0.2, 0) is 37.4 Å². The summed E-state index contributed by atoms with van der Waals surface area (Å²) in [4.78, 5) is 41.9. The largest absolute Gasteiger partial charge is 0.499 e. The van der Waals surface area contributed by atoms with Crippen molar-refractivity contribution in [2.24, 2.45) is 11.8 Å². The van der Waals surface area contributed by atoms with Crippen LogP contribution in [0.5, 0.6) is 0 Å². The Labute approximate surface area is 274 Å². The molecule has 0 aliphatic heterocycles. The van der Waals surface area contributed by atoms with E-state index in [1.807, 2.05) is 121 Å². The predicted octanol–water partition coefficient (Wildman–Crippen LogP) is 6.15. The second-order valence-corrected chi connectivity index (χ2v) is 11.3. The summed E-state index contributed by atoms with van der Waals surface area (Å²) in [5, 5.41) is 0. The van der Waals surface area contributed by atoms with Gasteiger partial charge in [0.25, 0.3) is 0 Å². The summed E-state index contributed by atoms with van der Waals surface area (Å²) in [6, 6.07) is 39.8. The molecule has 6 nitrogen and oxygen atoms in total. The molecule has 0 spiro atoms. The SMILES string of the molecule is COC(=[OH+])C1CCC(c2ccccc2)(c2ccccc2)C1=[OH+].COC(=[OH+])C1CCC(c2ccccc2)(c2ccccc2)C1=[OH+].[Cu]. The summed E-state index contributed by atoms with van der Waals surface area (Å²) in [7, 11) is 2.85. The van der Waals surface area contributed by atoms with E-state index in [-0.39, 0.29) is 40.6 Å². The van der Waals surface area contributed by atoms with Crippen LogP contribution >= 0.6 is 0 Å². The topological polar surface area (TPSA) is 104 Å². The molecule has 4 aromatic rings. The van der Waals surface area contributed by atoms with Crippen LogP contribution in [0.1, 0.15) is 47.9 Å². The van der Waals surface area contributed by atoms with Gasteiger partial charge in [0.05, 0.1) is 0 Å². The van der Waals surface area contributed by atoms with E-state index in [9.17, 15) is 19.2 Å². The molecule has 0 heterocycles. The number of hydrogen-bond donors (Lipinski definition) is 0. The second-order valence-electron chi connectivity index (χ2n) is 11.3. The first-order chi connectivity index (χ1) is 21.4. The van der Waals surface area contributed by atoms with E-state index < -0.39 is 22.7 Å². The summed E-state index contributed by atoms with van der Waals surface area (Å²) in [6.07, 6.45) is 2.75. The maximum Gasteiger partial charge on any atom is 0.499 e. The van der Waals surface area contributed by atoms with E-state index >= 15 is 0 Å². The normalized spacial score (nSPS) is 19.4. The number of methoxy groups -OCH3 is 2. The summed E-state index contributed by atoms with van der Waals surface area (Å²) in [5.41, 5.74) is 2.93. The van der Waals surface area contributed by atoms with Gasteiger partial charge in [0.2, 0.25) is 11.8 Å². The maximum absolute atomic E-state index is 11.0. The fraction of sp³-hybridized carbons (Fsp3) is 0.263. The Balaban J connectivity index is 0.000000200. The molecule has 6 rings (SSSR count). The van der Waals surface area contributed by atoms with E-state index in [0.717, 1.165) is 35.1 Å². The summed E-state index contributed by atoms with van der Waals surface area (Å²) >= 11 is 0. The molecule has 0 aromatic heterocycles. The molecule has 235 valence electrons. The van der Waals surface area contributed by atoms with Crippen LogP contribution in [0.25, 0.3) is 0 Å². The van der Waals surface area contributed by atoms with Crippen molar-refractivity contribution in [1.82, 2.24) is 0 Å². The van der Waals surface area contributed by atoms with Crippen molar-refractivity contribution in [2.75, 3.05) is 14.2 Å². The molecule has 2 aliphatic carbocycles. The van der Waals surface area contributed by atoms with Crippen LogP contribution in [0.3, 0.4) is 0 Å². The Morgan fingerprint density at radius 1 is 0.511 bits per heavy atom. The van der Waals surface area contributed by atoms with Gasteiger partial charge in [-0.15, -0.1) is 0 Å². The number of esters is 2. The van der Waals surface area contributed by atoms with Gasteiger partial charge in [0, 0.05) is 17.1 Å². The molecule has 7 heteroatoms. The van der Waals surface area contributed by atoms with Crippen molar-refractivity contribution in [3.63, 3.8) is 0 Å². The number of ketones is 2. The third-order valence-electron chi connectivity index (χ3n) is 9.23. The zero-order chi connectivity index (χ0) is 31.2. The van der Waals surface area contributed by atoms with Gasteiger partial charge in [0.15, 0.2) is 14.2 Å². The van der Waals surface area contributed by atoms with Gasteiger partial charge < -0.3 is 19.1 Å². The molecule has 45 heavy (non-hydrogen) atoms. The van der Waals surface area contributed by atoms with Crippen LogP contribution in [0.2, 0.25) is 0 Å². The Morgan fingerprint density at radius 2 is 0.756 bits per heavy atom. The quantitative estimate of drug-likeness (QED) is 0.108. The van der Waals surface area contributed by atoms with Gasteiger partial charge >= 0.3 is 23.5 Å². The molecule has 0 amide bonds. The maximum atomic E-state index is 11.0. The second kappa shape index (κ2) is 14.6. The summed E-state index contributed by atoms with van der Waals surface area (Å²) < 4.78 is 9.92. The van der Waals surface area contributed by atoms with Crippen molar-refractivity contribution >= 4 is 23.5 Å². The standard InChI is InChI=1S/2C19H18O3.Cu/c2*1-22-18(21)16-12-13-19(17(16)20,14-8-4-2-5-9-14)15-10-6-3-7-11-15;/h2*2-11,16H,12-13H2,1H3;/p+4. The van der Waals surface area contributed by atoms with Crippen molar-refractivity contribution in [3.8, 4) is 0 Å². The van der Waals surface area contributed by atoms with Crippen LogP contribution in [0, 0.1) is 11.8 Å². The van der Waals surface area contributed by atoms with Crippen molar-refractivity contribution in [2.45, 2.75) is 36.5 Å². The minimum Gasteiger partial charge on any atom is -0.338 e. The van der Waals surface area contributed by atoms with Crippen LogP contribution in [-0.4, -0.2) is 56.9 Å². The van der Waals surface area contributed by atoms with Crippen molar-refractivity contribution in [3.05, 3.63) is 144 Å².